The standard InChI is InChI=1S/C23H31NO5/c1-23(2)28-19-11-16-17(15-9-6-10-18(15)25)12-24(20(16)21(19)29-23)22(26)27-13-14-7-4-3-5-8-14/h3-5,7-8,15-21,25H,6,9-13H2,1-2H3/t15?,16-,17+,18?,19+,20+,21+/m0/s1. The third-order valence-corrected chi connectivity index (χ3v) is 7.34. The number of carbonyl (C=O) groups is 1. The van der Waals surface area contributed by atoms with Gasteiger partial charge in [-0.25, -0.2) is 4.79 Å². The number of hydrogen-bond donors (Lipinski definition) is 1. The van der Waals surface area contributed by atoms with Crippen molar-refractivity contribution in [2.75, 3.05) is 6.54 Å². The van der Waals surface area contributed by atoms with Crippen molar-refractivity contribution >= 4 is 6.09 Å². The number of amides is 1. The fourth-order valence-electron chi connectivity index (χ4n) is 6.23. The minimum Gasteiger partial charge on any atom is -0.445 e. The lowest BCUT2D eigenvalue weighted by Gasteiger charge is -2.29. The van der Waals surface area contributed by atoms with Crippen molar-refractivity contribution in [2.24, 2.45) is 17.8 Å². The first-order chi connectivity index (χ1) is 13.9. The summed E-state index contributed by atoms with van der Waals surface area (Å²) < 4.78 is 18.1. The van der Waals surface area contributed by atoms with Gasteiger partial charge in [-0.1, -0.05) is 36.8 Å². The van der Waals surface area contributed by atoms with Gasteiger partial charge < -0.3 is 24.2 Å². The molecule has 6 nitrogen and oxygen atoms in total. The average Bonchev–Trinajstić information content (AvgIpc) is 3.41. The van der Waals surface area contributed by atoms with Crippen LogP contribution in [0.3, 0.4) is 0 Å². The Hall–Kier alpha value is -1.63. The molecular formula is C23H31NO5. The minimum absolute atomic E-state index is 0.00534. The van der Waals surface area contributed by atoms with Crippen molar-refractivity contribution in [3.8, 4) is 0 Å². The Labute approximate surface area is 172 Å². The summed E-state index contributed by atoms with van der Waals surface area (Å²) >= 11 is 0. The molecule has 2 unspecified atom stereocenters. The van der Waals surface area contributed by atoms with Gasteiger partial charge in [-0.2, -0.15) is 0 Å². The second kappa shape index (κ2) is 7.25. The number of aliphatic hydroxyl groups excluding tert-OH is 1. The Morgan fingerprint density at radius 2 is 1.97 bits per heavy atom. The first-order valence-electron chi connectivity index (χ1n) is 10.9. The summed E-state index contributed by atoms with van der Waals surface area (Å²) in [5, 5.41) is 10.5. The predicted octanol–water partition coefficient (Wildman–Crippen LogP) is 3.32. The lowest BCUT2D eigenvalue weighted by molar-refractivity contribution is -0.159. The van der Waals surface area contributed by atoms with Crippen LogP contribution in [0.2, 0.25) is 0 Å². The molecule has 0 aromatic heterocycles. The zero-order valence-corrected chi connectivity index (χ0v) is 17.2. The largest absolute Gasteiger partial charge is 0.445 e. The Bertz CT molecular complexity index is 753. The third-order valence-electron chi connectivity index (χ3n) is 7.34. The summed E-state index contributed by atoms with van der Waals surface area (Å²) in [5.74, 6) is 0.206. The van der Waals surface area contributed by atoms with Crippen LogP contribution in [0.25, 0.3) is 0 Å². The molecule has 2 aliphatic heterocycles. The Morgan fingerprint density at radius 1 is 1.17 bits per heavy atom. The van der Waals surface area contributed by atoms with Gasteiger partial charge in [-0.15, -0.1) is 0 Å². The van der Waals surface area contributed by atoms with E-state index >= 15 is 0 Å². The highest BCUT2D eigenvalue weighted by molar-refractivity contribution is 5.69. The van der Waals surface area contributed by atoms with Gasteiger partial charge in [0.2, 0.25) is 0 Å². The Kier molecular flexibility index (Phi) is 4.84. The summed E-state index contributed by atoms with van der Waals surface area (Å²) in [6.07, 6.45) is 3.18. The van der Waals surface area contributed by atoms with Crippen LogP contribution in [0, 0.1) is 17.8 Å². The van der Waals surface area contributed by atoms with E-state index in [9.17, 15) is 9.90 Å². The molecule has 4 aliphatic rings. The van der Waals surface area contributed by atoms with Crippen LogP contribution < -0.4 is 0 Å². The maximum Gasteiger partial charge on any atom is 0.410 e. The van der Waals surface area contributed by atoms with Crippen molar-refractivity contribution < 1.29 is 24.1 Å². The van der Waals surface area contributed by atoms with Gasteiger partial charge >= 0.3 is 6.09 Å². The second-order valence-electron chi connectivity index (χ2n) is 9.55. The lowest BCUT2D eigenvalue weighted by atomic mass is 9.80. The molecule has 0 radical (unpaired) electrons. The highest BCUT2D eigenvalue weighted by atomic mass is 16.8. The smallest absolute Gasteiger partial charge is 0.410 e. The third kappa shape index (κ3) is 3.45. The first kappa shape index (κ1) is 19.3. The van der Waals surface area contributed by atoms with Gasteiger partial charge in [0.25, 0.3) is 0 Å². The van der Waals surface area contributed by atoms with E-state index in [1.165, 1.54) is 0 Å². The molecule has 0 spiro atoms. The van der Waals surface area contributed by atoms with Crippen molar-refractivity contribution in [3.63, 3.8) is 0 Å². The lowest BCUT2D eigenvalue weighted by Crippen LogP contribution is -2.45. The van der Waals surface area contributed by atoms with Gasteiger partial charge in [0.05, 0.1) is 18.2 Å². The fourth-order valence-corrected chi connectivity index (χ4v) is 6.23. The Morgan fingerprint density at radius 3 is 2.69 bits per heavy atom. The summed E-state index contributed by atoms with van der Waals surface area (Å²) in [7, 11) is 0. The van der Waals surface area contributed by atoms with Crippen molar-refractivity contribution in [1.82, 2.24) is 4.90 Å². The number of ether oxygens (including phenoxy) is 3. The number of carbonyl (C=O) groups excluding carboxylic acids is 1. The molecule has 7 atom stereocenters. The predicted molar refractivity (Wildman–Crippen MR) is 106 cm³/mol. The zero-order chi connectivity index (χ0) is 20.2. The SMILES string of the molecule is CC1(C)O[C@H]2[C@H]3[C@@H](C[C@H]2O1)[C@@H](C1CCCC1O)CN3C(=O)OCc1ccccc1. The van der Waals surface area contributed by atoms with Crippen molar-refractivity contribution in [2.45, 2.75) is 76.3 Å². The summed E-state index contributed by atoms with van der Waals surface area (Å²) in [6, 6.07) is 9.72. The molecule has 1 aromatic rings. The molecule has 6 heteroatoms. The number of nitrogens with zero attached hydrogens (tertiary/aromatic N) is 1. The van der Waals surface area contributed by atoms with Crippen LogP contribution in [0.15, 0.2) is 30.3 Å². The molecule has 2 heterocycles. The highest BCUT2D eigenvalue weighted by Crippen LogP contribution is 2.53. The van der Waals surface area contributed by atoms with Crippen LogP contribution in [-0.4, -0.2) is 52.8 Å². The van der Waals surface area contributed by atoms with E-state index in [0.29, 0.717) is 12.5 Å². The number of rotatable bonds is 3. The normalized spacial score (nSPS) is 40.1. The van der Waals surface area contributed by atoms with Crippen LogP contribution in [0.5, 0.6) is 0 Å². The maximum absolute atomic E-state index is 13.1. The molecule has 29 heavy (non-hydrogen) atoms. The monoisotopic (exact) mass is 401 g/mol. The number of aliphatic hydroxyl groups is 1. The van der Waals surface area contributed by atoms with E-state index < -0.39 is 5.79 Å². The van der Waals surface area contributed by atoms with Gasteiger partial charge in [-0.3, -0.25) is 0 Å². The highest BCUT2D eigenvalue weighted by Gasteiger charge is 2.62. The average molecular weight is 402 g/mol. The van der Waals surface area contributed by atoms with Crippen LogP contribution >= 0.6 is 0 Å². The topological polar surface area (TPSA) is 68.2 Å². The molecule has 1 N–H and O–H groups in total. The molecule has 2 saturated carbocycles. The molecule has 4 fully saturated rings. The van der Waals surface area contributed by atoms with E-state index in [1.807, 2.05) is 49.1 Å². The van der Waals surface area contributed by atoms with Gasteiger partial charge in [0, 0.05) is 6.54 Å². The Balaban J connectivity index is 1.36. The molecule has 158 valence electrons. The maximum atomic E-state index is 13.1. The number of benzene rings is 1. The molecule has 1 aromatic carbocycles. The van der Waals surface area contributed by atoms with Gasteiger partial charge in [0.15, 0.2) is 5.79 Å². The van der Waals surface area contributed by atoms with Crippen LogP contribution in [0.4, 0.5) is 4.79 Å². The first-order valence-corrected chi connectivity index (χ1v) is 10.9. The van der Waals surface area contributed by atoms with E-state index in [-0.39, 0.29) is 48.9 Å². The van der Waals surface area contributed by atoms with Crippen LogP contribution in [0.1, 0.15) is 45.1 Å². The van der Waals surface area contributed by atoms with Gasteiger partial charge in [0.1, 0.15) is 12.7 Å². The zero-order valence-electron chi connectivity index (χ0n) is 17.2. The molecule has 2 aliphatic carbocycles. The molecule has 5 rings (SSSR count). The number of hydrogen-bond acceptors (Lipinski definition) is 5. The number of likely N-dealkylation sites (tertiary alicyclic amines) is 1. The fraction of sp³-hybridized carbons (Fsp3) is 0.696. The van der Waals surface area contributed by atoms with E-state index in [2.05, 4.69) is 0 Å². The number of fused-ring (bicyclic) bond motifs is 3. The minimum atomic E-state index is -0.620. The quantitative estimate of drug-likeness (QED) is 0.842. The van der Waals surface area contributed by atoms with Gasteiger partial charge in [-0.05, 0) is 56.4 Å². The summed E-state index contributed by atoms with van der Waals surface area (Å²) in [5.41, 5.74) is 0.977. The van der Waals surface area contributed by atoms with E-state index in [0.717, 1.165) is 31.2 Å². The van der Waals surface area contributed by atoms with Crippen molar-refractivity contribution in [1.29, 1.82) is 0 Å². The second-order valence-corrected chi connectivity index (χ2v) is 9.55. The van der Waals surface area contributed by atoms with E-state index in [4.69, 9.17) is 14.2 Å². The summed E-state index contributed by atoms with van der Waals surface area (Å²) in [6.45, 7) is 4.77. The van der Waals surface area contributed by atoms with Crippen molar-refractivity contribution in [3.05, 3.63) is 35.9 Å². The van der Waals surface area contributed by atoms with Crippen LogP contribution in [-0.2, 0) is 20.8 Å². The summed E-state index contributed by atoms with van der Waals surface area (Å²) in [4.78, 5) is 15.0. The van der Waals surface area contributed by atoms with E-state index in [1.54, 1.807) is 0 Å². The molecule has 2 saturated heterocycles. The molecule has 1 amide bonds. The molecule has 0 bridgehead atoms. The molecular weight excluding hydrogens is 370 g/mol.